The summed E-state index contributed by atoms with van der Waals surface area (Å²) >= 11 is 2.04. The normalized spacial score (nSPS) is 10.2. The maximum atomic E-state index is 12.1. The number of amides is 1. The average Bonchev–Trinajstić information content (AvgIpc) is 2.56. The van der Waals surface area contributed by atoms with Gasteiger partial charge in [0.2, 0.25) is 0 Å². The highest BCUT2D eigenvalue weighted by atomic mass is 127. The molecule has 5 nitrogen and oxygen atoms in total. The molecule has 0 aliphatic carbocycles. The molecule has 0 saturated carbocycles. The molecule has 2 aromatic rings. The molecule has 0 unspecified atom stereocenters. The SMILES string of the molecule is COc1cc(C=O)cc(I)c1OCC(=O)Nc1cc(C)ccc1C. The van der Waals surface area contributed by atoms with Gasteiger partial charge >= 0.3 is 0 Å². The van der Waals surface area contributed by atoms with E-state index in [9.17, 15) is 9.59 Å². The molecule has 0 spiro atoms. The smallest absolute Gasteiger partial charge is 0.262 e. The molecule has 126 valence electrons. The summed E-state index contributed by atoms with van der Waals surface area (Å²) < 4.78 is 11.5. The molecule has 0 heterocycles. The van der Waals surface area contributed by atoms with Crippen molar-refractivity contribution >= 4 is 40.5 Å². The maximum Gasteiger partial charge on any atom is 0.262 e. The van der Waals surface area contributed by atoms with Gasteiger partial charge in [0.05, 0.1) is 10.7 Å². The lowest BCUT2D eigenvalue weighted by Crippen LogP contribution is -2.21. The summed E-state index contributed by atoms with van der Waals surface area (Å²) in [6, 6.07) is 9.11. The number of ether oxygens (including phenoxy) is 2. The van der Waals surface area contributed by atoms with E-state index < -0.39 is 0 Å². The van der Waals surface area contributed by atoms with Crippen LogP contribution in [0, 0.1) is 17.4 Å². The number of aryl methyl sites for hydroxylation is 2. The zero-order valence-electron chi connectivity index (χ0n) is 13.7. The number of halogens is 1. The minimum atomic E-state index is -0.263. The van der Waals surface area contributed by atoms with Gasteiger partial charge in [0.1, 0.15) is 6.29 Å². The Morgan fingerprint density at radius 2 is 2.00 bits per heavy atom. The Kier molecular flexibility index (Phi) is 6.19. The Bertz CT molecular complexity index is 774. The number of anilines is 1. The van der Waals surface area contributed by atoms with Crippen molar-refractivity contribution < 1.29 is 19.1 Å². The molecule has 1 N–H and O–H groups in total. The van der Waals surface area contributed by atoms with Gasteiger partial charge in [-0.05, 0) is 65.8 Å². The van der Waals surface area contributed by atoms with Crippen molar-refractivity contribution in [2.75, 3.05) is 19.0 Å². The van der Waals surface area contributed by atoms with Crippen LogP contribution in [0.25, 0.3) is 0 Å². The van der Waals surface area contributed by atoms with E-state index in [2.05, 4.69) is 5.32 Å². The summed E-state index contributed by atoms with van der Waals surface area (Å²) in [4.78, 5) is 23.1. The van der Waals surface area contributed by atoms with Crippen molar-refractivity contribution in [2.24, 2.45) is 0 Å². The second-order valence-corrected chi connectivity index (χ2v) is 6.47. The van der Waals surface area contributed by atoms with Crippen LogP contribution in [0.15, 0.2) is 30.3 Å². The fourth-order valence-corrected chi connectivity index (χ4v) is 2.92. The van der Waals surface area contributed by atoms with Gasteiger partial charge in [0.25, 0.3) is 5.91 Å². The van der Waals surface area contributed by atoms with Crippen molar-refractivity contribution in [1.82, 2.24) is 0 Å². The molecule has 2 rings (SSSR count). The van der Waals surface area contributed by atoms with Crippen LogP contribution in [0.1, 0.15) is 21.5 Å². The van der Waals surface area contributed by atoms with Gasteiger partial charge in [-0.1, -0.05) is 12.1 Å². The number of aldehydes is 1. The number of nitrogens with one attached hydrogen (secondary N) is 1. The predicted octanol–water partition coefficient (Wildman–Crippen LogP) is 3.75. The number of rotatable bonds is 6. The number of carbonyl (C=O) groups is 2. The molecule has 0 aliphatic heterocycles. The highest BCUT2D eigenvalue weighted by molar-refractivity contribution is 14.1. The number of carbonyl (C=O) groups excluding carboxylic acids is 2. The summed E-state index contributed by atoms with van der Waals surface area (Å²) in [5, 5.41) is 2.84. The van der Waals surface area contributed by atoms with E-state index in [0.29, 0.717) is 20.6 Å². The van der Waals surface area contributed by atoms with E-state index in [1.807, 2.05) is 54.6 Å². The van der Waals surface area contributed by atoms with Gasteiger partial charge in [-0.3, -0.25) is 9.59 Å². The molecule has 1 amide bonds. The Morgan fingerprint density at radius 1 is 1.25 bits per heavy atom. The topological polar surface area (TPSA) is 64.6 Å². The third-order valence-corrected chi connectivity index (χ3v) is 4.20. The summed E-state index contributed by atoms with van der Waals surface area (Å²) in [6.45, 7) is 3.74. The van der Waals surface area contributed by atoms with Crippen LogP contribution in [0.5, 0.6) is 11.5 Å². The van der Waals surface area contributed by atoms with Crippen LogP contribution in [0.4, 0.5) is 5.69 Å². The quantitative estimate of drug-likeness (QED) is 0.550. The molecule has 0 radical (unpaired) electrons. The van der Waals surface area contributed by atoms with E-state index in [1.54, 1.807) is 12.1 Å². The van der Waals surface area contributed by atoms with E-state index in [4.69, 9.17) is 9.47 Å². The number of hydrogen-bond acceptors (Lipinski definition) is 4. The average molecular weight is 439 g/mol. The monoisotopic (exact) mass is 439 g/mol. The predicted molar refractivity (Wildman–Crippen MR) is 101 cm³/mol. The van der Waals surface area contributed by atoms with E-state index in [1.165, 1.54) is 7.11 Å². The van der Waals surface area contributed by atoms with Crippen molar-refractivity contribution in [2.45, 2.75) is 13.8 Å². The summed E-state index contributed by atoms with van der Waals surface area (Å²) in [5.41, 5.74) is 3.30. The minimum absolute atomic E-state index is 0.153. The van der Waals surface area contributed by atoms with Gasteiger partial charge in [0, 0.05) is 11.3 Å². The largest absolute Gasteiger partial charge is 0.493 e. The third-order valence-electron chi connectivity index (χ3n) is 3.40. The number of hydrogen-bond donors (Lipinski definition) is 1. The second kappa shape index (κ2) is 8.14. The molecule has 0 bridgehead atoms. The van der Waals surface area contributed by atoms with Crippen LogP contribution in [0.3, 0.4) is 0 Å². The Hall–Kier alpha value is -2.09. The Labute approximate surface area is 154 Å². The van der Waals surface area contributed by atoms with Gasteiger partial charge in [-0.25, -0.2) is 0 Å². The van der Waals surface area contributed by atoms with Crippen LogP contribution < -0.4 is 14.8 Å². The van der Waals surface area contributed by atoms with E-state index in [-0.39, 0.29) is 12.5 Å². The zero-order valence-corrected chi connectivity index (χ0v) is 15.8. The molecule has 6 heteroatoms. The zero-order chi connectivity index (χ0) is 17.7. The summed E-state index contributed by atoms with van der Waals surface area (Å²) in [5.74, 6) is 0.601. The molecule has 0 fully saturated rings. The number of methoxy groups -OCH3 is 1. The molecule has 0 saturated heterocycles. The fraction of sp³-hybridized carbons (Fsp3) is 0.222. The molecule has 24 heavy (non-hydrogen) atoms. The Morgan fingerprint density at radius 3 is 2.67 bits per heavy atom. The van der Waals surface area contributed by atoms with E-state index >= 15 is 0 Å². The first kappa shape index (κ1) is 18.3. The van der Waals surface area contributed by atoms with E-state index in [0.717, 1.165) is 23.1 Å². The first-order valence-electron chi connectivity index (χ1n) is 7.27. The lowest BCUT2D eigenvalue weighted by molar-refractivity contribution is -0.118. The standard InChI is InChI=1S/C18H18INO4/c1-11-4-5-12(2)15(6-11)20-17(22)10-24-18-14(19)7-13(9-21)8-16(18)23-3/h4-9H,10H2,1-3H3,(H,20,22). The van der Waals surface area contributed by atoms with Gasteiger partial charge in [0.15, 0.2) is 18.1 Å². The van der Waals surface area contributed by atoms with Crippen molar-refractivity contribution in [3.05, 3.63) is 50.6 Å². The van der Waals surface area contributed by atoms with Gasteiger partial charge in [-0.15, -0.1) is 0 Å². The summed E-state index contributed by atoms with van der Waals surface area (Å²) in [6.07, 6.45) is 0.738. The highest BCUT2D eigenvalue weighted by Gasteiger charge is 2.14. The maximum absolute atomic E-state index is 12.1. The first-order chi connectivity index (χ1) is 11.4. The Balaban J connectivity index is 2.09. The first-order valence-corrected chi connectivity index (χ1v) is 8.35. The van der Waals surface area contributed by atoms with Gasteiger partial charge in [-0.2, -0.15) is 0 Å². The third kappa shape index (κ3) is 4.47. The van der Waals surface area contributed by atoms with Crippen LogP contribution in [-0.4, -0.2) is 25.9 Å². The molecule has 0 aromatic heterocycles. The highest BCUT2D eigenvalue weighted by Crippen LogP contribution is 2.33. The van der Waals surface area contributed by atoms with Crippen LogP contribution in [0.2, 0.25) is 0 Å². The van der Waals surface area contributed by atoms with Crippen LogP contribution >= 0.6 is 22.6 Å². The van der Waals surface area contributed by atoms with Gasteiger partial charge < -0.3 is 14.8 Å². The van der Waals surface area contributed by atoms with Crippen molar-refractivity contribution in [3.8, 4) is 11.5 Å². The fourth-order valence-electron chi connectivity index (χ4n) is 2.14. The van der Waals surface area contributed by atoms with Crippen molar-refractivity contribution in [1.29, 1.82) is 0 Å². The molecular formula is C18H18INO4. The van der Waals surface area contributed by atoms with Crippen molar-refractivity contribution in [3.63, 3.8) is 0 Å². The summed E-state index contributed by atoms with van der Waals surface area (Å²) in [7, 11) is 1.49. The molecule has 0 aliphatic rings. The lowest BCUT2D eigenvalue weighted by atomic mass is 10.1. The molecule has 2 aromatic carbocycles. The number of benzene rings is 2. The lowest BCUT2D eigenvalue weighted by Gasteiger charge is -2.14. The van der Waals surface area contributed by atoms with Crippen LogP contribution in [-0.2, 0) is 4.79 Å². The minimum Gasteiger partial charge on any atom is -0.493 e. The molecular weight excluding hydrogens is 421 g/mol. The second-order valence-electron chi connectivity index (χ2n) is 5.31. The molecule has 0 atom stereocenters.